The first kappa shape index (κ1) is 15.9. The summed E-state index contributed by atoms with van der Waals surface area (Å²) in [6.07, 6.45) is 3.04. The quantitative estimate of drug-likeness (QED) is 0.786. The number of nitrogens with zero attached hydrogens (tertiary/aromatic N) is 2. The summed E-state index contributed by atoms with van der Waals surface area (Å²) in [7, 11) is 2.11. The molecule has 0 amide bonds. The van der Waals surface area contributed by atoms with Crippen LogP contribution in [0.3, 0.4) is 0 Å². The van der Waals surface area contributed by atoms with E-state index in [9.17, 15) is 0 Å². The van der Waals surface area contributed by atoms with Gasteiger partial charge in [0.15, 0.2) is 5.75 Å². The van der Waals surface area contributed by atoms with E-state index in [1.165, 1.54) is 27.9 Å². The Kier molecular flexibility index (Phi) is 3.12. The minimum atomic E-state index is -0.602. The average Bonchev–Trinajstić information content (AvgIpc) is 2.81. The van der Waals surface area contributed by atoms with Gasteiger partial charge in [0.2, 0.25) is 5.72 Å². The van der Waals surface area contributed by atoms with Gasteiger partial charge in [-0.15, -0.1) is 0 Å². The Morgan fingerprint density at radius 2 is 2.04 bits per heavy atom. The van der Waals surface area contributed by atoms with Crippen LogP contribution in [0.25, 0.3) is 0 Å². The van der Waals surface area contributed by atoms with Gasteiger partial charge < -0.3 is 15.0 Å². The summed E-state index contributed by atoms with van der Waals surface area (Å²) in [5.41, 5.74) is 6.60. The first-order valence-electron chi connectivity index (χ1n) is 9.39. The molecule has 1 atom stereocenters. The lowest BCUT2D eigenvalue weighted by Crippen LogP contribution is -2.61. The van der Waals surface area contributed by atoms with E-state index in [1.54, 1.807) is 0 Å². The molecule has 2 aromatic carbocycles. The Hall–Kier alpha value is -2.33. The molecular formula is C22H25N3O. The van der Waals surface area contributed by atoms with E-state index in [1.807, 2.05) is 6.21 Å². The van der Waals surface area contributed by atoms with Gasteiger partial charge in [-0.25, -0.2) is 0 Å². The predicted octanol–water partition coefficient (Wildman–Crippen LogP) is 3.86. The van der Waals surface area contributed by atoms with Crippen molar-refractivity contribution in [3.8, 4) is 5.75 Å². The van der Waals surface area contributed by atoms with E-state index < -0.39 is 5.72 Å². The Morgan fingerprint density at radius 1 is 1.23 bits per heavy atom. The van der Waals surface area contributed by atoms with Crippen LogP contribution in [-0.2, 0) is 18.4 Å². The third-order valence-corrected chi connectivity index (χ3v) is 6.46. The van der Waals surface area contributed by atoms with Gasteiger partial charge in [-0.05, 0) is 62.1 Å². The lowest BCUT2D eigenvalue weighted by molar-refractivity contribution is 0.0815. The molecule has 134 valence electrons. The Labute approximate surface area is 154 Å². The molecule has 0 saturated carbocycles. The molecule has 4 nitrogen and oxygen atoms in total. The minimum absolute atomic E-state index is 0.205. The fraction of sp³-hybridized carbons (Fsp3) is 0.409. The van der Waals surface area contributed by atoms with Crippen molar-refractivity contribution >= 4 is 17.6 Å². The Morgan fingerprint density at radius 3 is 2.85 bits per heavy atom. The van der Waals surface area contributed by atoms with Crippen LogP contribution in [0.5, 0.6) is 5.75 Å². The van der Waals surface area contributed by atoms with Gasteiger partial charge in [0.1, 0.15) is 5.69 Å². The number of para-hydroxylation sites is 1. The molecule has 1 unspecified atom stereocenters. The normalized spacial score (nSPS) is 24.8. The van der Waals surface area contributed by atoms with Crippen LogP contribution < -0.4 is 15.0 Å². The maximum atomic E-state index is 6.84. The SMILES string of the molecule is Cc1cc2c(c3c1OC1(C=N3)N(C)c3ccccc3C1(C)C)CCNC2. The van der Waals surface area contributed by atoms with E-state index in [4.69, 9.17) is 9.73 Å². The first-order valence-corrected chi connectivity index (χ1v) is 9.39. The highest BCUT2D eigenvalue weighted by molar-refractivity contribution is 5.89. The van der Waals surface area contributed by atoms with Crippen LogP contribution >= 0.6 is 0 Å². The van der Waals surface area contributed by atoms with Crippen molar-refractivity contribution in [2.45, 2.75) is 44.9 Å². The number of hydrogen-bond acceptors (Lipinski definition) is 4. The molecule has 5 rings (SSSR count). The van der Waals surface area contributed by atoms with Crippen LogP contribution in [0.15, 0.2) is 35.3 Å². The van der Waals surface area contributed by atoms with Gasteiger partial charge in [-0.3, -0.25) is 4.99 Å². The lowest BCUT2D eigenvalue weighted by Gasteiger charge is -2.45. The van der Waals surface area contributed by atoms with Gasteiger partial charge in [-0.1, -0.05) is 24.3 Å². The number of fused-ring (bicyclic) bond motifs is 4. The van der Waals surface area contributed by atoms with Crippen LogP contribution in [0.2, 0.25) is 0 Å². The summed E-state index contributed by atoms with van der Waals surface area (Å²) in [5.74, 6) is 0.945. The van der Waals surface area contributed by atoms with Crippen molar-refractivity contribution < 1.29 is 4.74 Å². The highest BCUT2D eigenvalue weighted by Gasteiger charge is 2.58. The molecule has 1 spiro atoms. The number of anilines is 1. The van der Waals surface area contributed by atoms with Crippen molar-refractivity contribution in [2.75, 3.05) is 18.5 Å². The number of rotatable bonds is 0. The smallest absolute Gasteiger partial charge is 0.228 e. The van der Waals surface area contributed by atoms with E-state index in [-0.39, 0.29) is 5.41 Å². The third-order valence-electron chi connectivity index (χ3n) is 6.46. The molecule has 0 radical (unpaired) electrons. The average molecular weight is 347 g/mol. The lowest BCUT2D eigenvalue weighted by atomic mass is 9.77. The molecule has 0 aliphatic carbocycles. The zero-order valence-electron chi connectivity index (χ0n) is 15.9. The number of hydrogen-bond donors (Lipinski definition) is 1. The number of nitrogens with one attached hydrogen (secondary N) is 1. The number of likely N-dealkylation sites (N-methyl/N-ethyl adjacent to an activating group) is 1. The van der Waals surface area contributed by atoms with Crippen LogP contribution in [-0.4, -0.2) is 25.5 Å². The maximum Gasteiger partial charge on any atom is 0.228 e. The van der Waals surface area contributed by atoms with Gasteiger partial charge >= 0.3 is 0 Å². The molecule has 4 heteroatoms. The van der Waals surface area contributed by atoms with Gasteiger partial charge in [0, 0.05) is 19.3 Å². The highest BCUT2D eigenvalue weighted by Crippen LogP contribution is 2.54. The van der Waals surface area contributed by atoms with E-state index in [2.05, 4.69) is 68.4 Å². The summed E-state index contributed by atoms with van der Waals surface area (Å²) in [4.78, 5) is 7.26. The zero-order valence-corrected chi connectivity index (χ0v) is 15.9. The maximum absolute atomic E-state index is 6.84. The molecule has 26 heavy (non-hydrogen) atoms. The highest BCUT2D eigenvalue weighted by atomic mass is 16.5. The molecule has 0 saturated heterocycles. The molecule has 3 aliphatic rings. The zero-order chi connectivity index (χ0) is 18.1. The van der Waals surface area contributed by atoms with Crippen molar-refractivity contribution in [2.24, 2.45) is 4.99 Å². The summed E-state index contributed by atoms with van der Waals surface area (Å²) in [6, 6.07) is 10.8. The molecule has 0 fully saturated rings. The Bertz CT molecular complexity index is 947. The van der Waals surface area contributed by atoms with Gasteiger partial charge in [-0.2, -0.15) is 0 Å². The van der Waals surface area contributed by atoms with Gasteiger partial charge in [0.25, 0.3) is 0 Å². The molecule has 3 aliphatic heterocycles. The second-order valence-corrected chi connectivity index (χ2v) is 8.19. The molecule has 0 bridgehead atoms. The Balaban J connectivity index is 1.69. The third kappa shape index (κ3) is 1.80. The fourth-order valence-electron chi connectivity index (χ4n) is 4.89. The summed E-state index contributed by atoms with van der Waals surface area (Å²) in [6.45, 7) is 8.56. The van der Waals surface area contributed by atoms with Crippen molar-refractivity contribution in [3.63, 3.8) is 0 Å². The molecule has 1 N–H and O–H groups in total. The van der Waals surface area contributed by atoms with E-state index >= 15 is 0 Å². The monoisotopic (exact) mass is 347 g/mol. The molecule has 3 heterocycles. The number of ether oxygens (including phenoxy) is 1. The number of aryl methyl sites for hydroxylation is 1. The topological polar surface area (TPSA) is 36.9 Å². The molecule has 0 aromatic heterocycles. The second-order valence-electron chi connectivity index (χ2n) is 8.19. The van der Waals surface area contributed by atoms with E-state index in [0.717, 1.165) is 30.9 Å². The summed E-state index contributed by atoms with van der Waals surface area (Å²) in [5, 5.41) is 3.45. The van der Waals surface area contributed by atoms with Crippen LogP contribution in [0, 0.1) is 6.92 Å². The van der Waals surface area contributed by atoms with Crippen LogP contribution in [0.1, 0.15) is 36.1 Å². The molecule has 2 aromatic rings. The number of aliphatic imine (C=N–C) groups is 1. The van der Waals surface area contributed by atoms with E-state index in [0.29, 0.717) is 0 Å². The fourth-order valence-corrected chi connectivity index (χ4v) is 4.89. The van der Waals surface area contributed by atoms with Crippen molar-refractivity contribution in [3.05, 3.63) is 52.6 Å². The predicted molar refractivity (Wildman–Crippen MR) is 106 cm³/mol. The summed E-state index contributed by atoms with van der Waals surface area (Å²) < 4.78 is 6.84. The summed E-state index contributed by atoms with van der Waals surface area (Å²) >= 11 is 0. The van der Waals surface area contributed by atoms with Crippen molar-refractivity contribution in [1.29, 1.82) is 0 Å². The standard InChI is InChI=1S/C22H25N3O/c1-14-11-15-12-23-10-9-16(15)19-20(14)26-22(13-24-19)21(2,3)17-7-5-6-8-18(17)25(22)4/h5-8,11,13,23H,9-10,12H2,1-4H3. The second kappa shape index (κ2) is 5.10. The number of benzene rings is 2. The first-order chi connectivity index (χ1) is 12.5. The van der Waals surface area contributed by atoms with Gasteiger partial charge in [0.05, 0.1) is 11.6 Å². The minimum Gasteiger partial charge on any atom is -0.459 e. The molecular weight excluding hydrogens is 322 g/mol. The largest absolute Gasteiger partial charge is 0.459 e. The van der Waals surface area contributed by atoms with Crippen LogP contribution in [0.4, 0.5) is 11.4 Å². The van der Waals surface area contributed by atoms with Crippen molar-refractivity contribution in [1.82, 2.24) is 5.32 Å².